The maximum absolute atomic E-state index is 11.0. The maximum atomic E-state index is 11.0. The Morgan fingerprint density at radius 1 is 1.09 bits per heavy atom. The molecule has 2 aromatic carbocycles. The third kappa shape index (κ3) is 2.57. The van der Waals surface area contributed by atoms with Crippen molar-refractivity contribution in [2.75, 3.05) is 5.32 Å². The second kappa shape index (κ2) is 5.28. The SMILES string of the molecule is CC(=O)Nc1ccc(C2=NC3=Cc4ccccc4OC3O2)cc1. The minimum atomic E-state index is -0.505. The smallest absolute Gasteiger partial charge is 0.286 e. The number of nitrogens with one attached hydrogen (secondary N) is 1. The zero-order valence-corrected chi connectivity index (χ0v) is 12.4. The van der Waals surface area contributed by atoms with Crippen LogP contribution < -0.4 is 10.1 Å². The van der Waals surface area contributed by atoms with Crippen LogP contribution in [0.1, 0.15) is 18.1 Å². The topological polar surface area (TPSA) is 59.9 Å². The number of ether oxygens (including phenoxy) is 2. The average molecular weight is 306 g/mol. The van der Waals surface area contributed by atoms with Gasteiger partial charge in [0.2, 0.25) is 11.8 Å². The highest BCUT2D eigenvalue weighted by molar-refractivity contribution is 5.98. The third-order valence-corrected chi connectivity index (χ3v) is 3.60. The number of amides is 1. The van der Waals surface area contributed by atoms with Crippen LogP contribution in [-0.4, -0.2) is 18.1 Å². The molecule has 1 atom stereocenters. The minimum Gasteiger partial charge on any atom is -0.448 e. The van der Waals surface area contributed by atoms with Crippen molar-refractivity contribution in [1.29, 1.82) is 0 Å². The highest BCUT2D eigenvalue weighted by Gasteiger charge is 2.31. The number of anilines is 1. The maximum Gasteiger partial charge on any atom is 0.286 e. The van der Waals surface area contributed by atoms with E-state index in [2.05, 4.69) is 10.3 Å². The lowest BCUT2D eigenvalue weighted by Crippen LogP contribution is -2.22. The second-order valence-corrected chi connectivity index (χ2v) is 5.35. The quantitative estimate of drug-likeness (QED) is 0.927. The van der Waals surface area contributed by atoms with Crippen molar-refractivity contribution in [2.24, 2.45) is 4.99 Å². The molecule has 0 spiro atoms. The van der Waals surface area contributed by atoms with Crippen LogP contribution in [0, 0.1) is 0 Å². The molecule has 2 aliphatic rings. The van der Waals surface area contributed by atoms with Crippen LogP contribution in [0.4, 0.5) is 5.69 Å². The number of rotatable bonds is 2. The van der Waals surface area contributed by atoms with Gasteiger partial charge >= 0.3 is 0 Å². The summed E-state index contributed by atoms with van der Waals surface area (Å²) >= 11 is 0. The molecule has 0 radical (unpaired) electrons. The van der Waals surface area contributed by atoms with Gasteiger partial charge in [-0.15, -0.1) is 0 Å². The highest BCUT2D eigenvalue weighted by Crippen LogP contribution is 2.34. The van der Waals surface area contributed by atoms with Crippen molar-refractivity contribution in [3.05, 3.63) is 65.4 Å². The van der Waals surface area contributed by atoms with Gasteiger partial charge in [0.25, 0.3) is 6.29 Å². The Morgan fingerprint density at radius 2 is 1.87 bits per heavy atom. The van der Waals surface area contributed by atoms with E-state index in [9.17, 15) is 4.79 Å². The van der Waals surface area contributed by atoms with Gasteiger partial charge < -0.3 is 14.8 Å². The van der Waals surface area contributed by atoms with Gasteiger partial charge in [-0.2, -0.15) is 0 Å². The van der Waals surface area contributed by atoms with Gasteiger partial charge in [-0.25, -0.2) is 4.99 Å². The van der Waals surface area contributed by atoms with Gasteiger partial charge in [0, 0.05) is 23.7 Å². The predicted molar refractivity (Wildman–Crippen MR) is 87.2 cm³/mol. The van der Waals surface area contributed by atoms with Crippen LogP contribution in [0.25, 0.3) is 6.08 Å². The number of carbonyl (C=O) groups is 1. The standard InChI is InChI=1S/C18H14N2O3/c1-11(21)19-14-8-6-12(7-9-14)17-20-15-10-13-4-2-3-5-16(13)22-18(15)23-17/h2-10,18H,1H3,(H,19,21). The number of benzene rings is 2. The van der Waals surface area contributed by atoms with Crippen LogP contribution >= 0.6 is 0 Å². The fourth-order valence-electron chi connectivity index (χ4n) is 2.56. The summed E-state index contributed by atoms with van der Waals surface area (Å²) in [5.41, 5.74) is 3.32. The summed E-state index contributed by atoms with van der Waals surface area (Å²) in [5, 5.41) is 2.73. The van der Waals surface area contributed by atoms with E-state index in [0.29, 0.717) is 5.90 Å². The van der Waals surface area contributed by atoms with Crippen LogP contribution in [0.2, 0.25) is 0 Å². The molecule has 1 amide bonds. The molecule has 114 valence electrons. The molecule has 0 saturated carbocycles. The summed E-state index contributed by atoms with van der Waals surface area (Å²) in [6, 6.07) is 15.1. The summed E-state index contributed by atoms with van der Waals surface area (Å²) in [7, 11) is 0. The Morgan fingerprint density at radius 3 is 2.65 bits per heavy atom. The van der Waals surface area contributed by atoms with Gasteiger partial charge in [0.15, 0.2) is 0 Å². The Balaban J connectivity index is 1.60. The van der Waals surface area contributed by atoms with Gasteiger partial charge in [0.05, 0.1) is 0 Å². The number of para-hydroxylation sites is 1. The number of carbonyl (C=O) groups excluding carboxylic acids is 1. The van der Waals surface area contributed by atoms with Gasteiger partial charge in [0.1, 0.15) is 11.4 Å². The Labute approximate surface area is 133 Å². The fourth-order valence-corrected chi connectivity index (χ4v) is 2.56. The van der Waals surface area contributed by atoms with Crippen LogP contribution in [0.15, 0.2) is 59.2 Å². The van der Waals surface area contributed by atoms with E-state index in [4.69, 9.17) is 9.47 Å². The zero-order valence-electron chi connectivity index (χ0n) is 12.4. The first kappa shape index (κ1) is 13.6. The first-order chi connectivity index (χ1) is 11.2. The fraction of sp³-hybridized carbons (Fsp3) is 0.111. The van der Waals surface area contributed by atoms with Crippen molar-refractivity contribution in [3.8, 4) is 5.75 Å². The highest BCUT2D eigenvalue weighted by atomic mass is 16.7. The molecule has 23 heavy (non-hydrogen) atoms. The number of fused-ring (bicyclic) bond motifs is 2. The van der Waals surface area contributed by atoms with Crippen molar-refractivity contribution in [2.45, 2.75) is 13.2 Å². The molecule has 5 nitrogen and oxygen atoms in total. The number of hydrogen-bond donors (Lipinski definition) is 1. The van der Waals surface area contributed by atoms with E-state index in [1.54, 1.807) is 0 Å². The molecule has 2 heterocycles. The molecule has 0 fully saturated rings. The normalized spacial score (nSPS) is 17.9. The summed E-state index contributed by atoms with van der Waals surface area (Å²) in [6.45, 7) is 1.48. The van der Waals surface area contributed by atoms with Gasteiger partial charge in [-0.1, -0.05) is 18.2 Å². The Bertz CT molecular complexity index is 838. The number of nitrogens with zero attached hydrogens (tertiary/aromatic N) is 1. The predicted octanol–water partition coefficient (Wildman–Crippen LogP) is 3.18. The van der Waals surface area contributed by atoms with Gasteiger partial charge in [-0.05, 0) is 36.4 Å². The first-order valence-electron chi connectivity index (χ1n) is 7.30. The molecule has 1 unspecified atom stereocenters. The lowest BCUT2D eigenvalue weighted by atomic mass is 10.1. The molecule has 0 aliphatic carbocycles. The molecular formula is C18H14N2O3. The summed E-state index contributed by atoms with van der Waals surface area (Å²) in [5.74, 6) is 1.21. The van der Waals surface area contributed by atoms with Crippen molar-refractivity contribution >= 4 is 23.6 Å². The molecule has 1 N–H and O–H groups in total. The van der Waals surface area contributed by atoms with E-state index in [1.807, 2.05) is 54.6 Å². The first-order valence-corrected chi connectivity index (χ1v) is 7.30. The Hall–Kier alpha value is -3.08. The van der Waals surface area contributed by atoms with Crippen molar-refractivity contribution in [1.82, 2.24) is 0 Å². The van der Waals surface area contributed by atoms with Crippen molar-refractivity contribution < 1.29 is 14.3 Å². The van der Waals surface area contributed by atoms with E-state index in [-0.39, 0.29) is 5.91 Å². The molecule has 2 aliphatic heterocycles. The molecule has 5 heteroatoms. The van der Waals surface area contributed by atoms with E-state index >= 15 is 0 Å². The average Bonchev–Trinajstić information content (AvgIpc) is 2.95. The summed E-state index contributed by atoms with van der Waals surface area (Å²) < 4.78 is 11.6. The molecule has 0 saturated heterocycles. The second-order valence-electron chi connectivity index (χ2n) is 5.35. The molecule has 0 bridgehead atoms. The largest absolute Gasteiger partial charge is 0.448 e. The van der Waals surface area contributed by atoms with Crippen LogP contribution in [0.3, 0.4) is 0 Å². The zero-order chi connectivity index (χ0) is 15.8. The third-order valence-electron chi connectivity index (χ3n) is 3.60. The summed E-state index contributed by atoms with van der Waals surface area (Å²) in [4.78, 5) is 15.6. The monoisotopic (exact) mass is 306 g/mol. The molecule has 2 aromatic rings. The minimum absolute atomic E-state index is 0.102. The van der Waals surface area contributed by atoms with Crippen molar-refractivity contribution in [3.63, 3.8) is 0 Å². The lowest BCUT2D eigenvalue weighted by Gasteiger charge is -2.20. The molecule has 4 rings (SSSR count). The number of hydrogen-bond acceptors (Lipinski definition) is 4. The van der Waals surface area contributed by atoms with E-state index in [1.165, 1.54) is 6.92 Å². The van der Waals surface area contributed by atoms with E-state index < -0.39 is 6.29 Å². The van der Waals surface area contributed by atoms with Gasteiger partial charge in [-0.3, -0.25) is 4.79 Å². The number of aliphatic imine (C=N–C) groups is 1. The van der Waals surface area contributed by atoms with Crippen LogP contribution in [-0.2, 0) is 9.53 Å². The lowest BCUT2D eigenvalue weighted by molar-refractivity contribution is -0.114. The van der Waals surface area contributed by atoms with E-state index in [0.717, 1.165) is 28.3 Å². The van der Waals surface area contributed by atoms with Crippen LogP contribution in [0.5, 0.6) is 5.75 Å². The Kier molecular flexibility index (Phi) is 3.12. The summed E-state index contributed by atoms with van der Waals surface area (Å²) in [6.07, 6.45) is 1.47. The molecular weight excluding hydrogens is 292 g/mol. The molecule has 0 aromatic heterocycles.